The molecule has 1 aromatic heterocycles. The molecule has 0 atom stereocenters. The number of hydrogen-bond donors (Lipinski definition) is 3. The number of nitrogens with zero attached hydrogens (tertiary/aromatic N) is 2. The van der Waals surface area contributed by atoms with E-state index in [2.05, 4.69) is 44.9 Å². The molecule has 2 aromatic carbocycles. The Morgan fingerprint density at radius 2 is 1.94 bits per heavy atom. The summed E-state index contributed by atoms with van der Waals surface area (Å²) in [5.41, 5.74) is 4.29. The van der Waals surface area contributed by atoms with Gasteiger partial charge in [-0.15, -0.1) is 24.0 Å². The number of guanidine groups is 1. The average molecular weight is 563 g/mol. The fourth-order valence-corrected chi connectivity index (χ4v) is 4.03. The molecule has 4 rings (SSSR count). The first-order valence-electron chi connectivity index (χ1n) is 11.3. The van der Waals surface area contributed by atoms with Crippen LogP contribution < -0.4 is 10.6 Å². The first kappa shape index (κ1) is 25.0. The molecule has 0 unspecified atom stereocenters. The molecule has 2 heterocycles. The summed E-state index contributed by atoms with van der Waals surface area (Å²) in [5.74, 6) is 0.780. The Bertz CT molecular complexity index is 1100. The number of amides is 1. The number of nitrogens with one attached hydrogen (secondary N) is 3. The predicted octanol–water partition coefficient (Wildman–Crippen LogP) is 4.35. The van der Waals surface area contributed by atoms with E-state index in [1.54, 1.807) is 12.1 Å². The molecule has 1 aliphatic rings. The van der Waals surface area contributed by atoms with Crippen LogP contribution in [0.1, 0.15) is 36.5 Å². The minimum atomic E-state index is -0.223. The zero-order valence-electron chi connectivity index (χ0n) is 18.9. The number of rotatable bonds is 8. The zero-order chi connectivity index (χ0) is 22.3. The van der Waals surface area contributed by atoms with Gasteiger partial charge in [-0.25, -0.2) is 9.38 Å². The Kier molecular flexibility index (Phi) is 9.11. The molecule has 0 spiro atoms. The van der Waals surface area contributed by atoms with Crippen molar-refractivity contribution >= 4 is 46.7 Å². The Balaban J connectivity index is 0.00000306. The van der Waals surface area contributed by atoms with E-state index in [1.807, 2.05) is 18.0 Å². The second kappa shape index (κ2) is 12.0. The third kappa shape index (κ3) is 6.69. The molecule has 1 amide bonds. The van der Waals surface area contributed by atoms with Gasteiger partial charge < -0.3 is 20.5 Å². The number of H-pyrrole nitrogens is 1. The fourth-order valence-electron chi connectivity index (χ4n) is 4.03. The van der Waals surface area contributed by atoms with Gasteiger partial charge in [0.15, 0.2) is 5.96 Å². The highest BCUT2D eigenvalue weighted by Crippen LogP contribution is 2.19. The van der Waals surface area contributed by atoms with E-state index in [-0.39, 0.29) is 35.7 Å². The average Bonchev–Trinajstić information content (AvgIpc) is 3.38. The summed E-state index contributed by atoms with van der Waals surface area (Å²) in [5, 5.41) is 7.55. The van der Waals surface area contributed by atoms with E-state index >= 15 is 0 Å². The Morgan fingerprint density at radius 3 is 2.67 bits per heavy atom. The van der Waals surface area contributed by atoms with Gasteiger partial charge >= 0.3 is 0 Å². The lowest BCUT2D eigenvalue weighted by Gasteiger charge is -2.15. The van der Waals surface area contributed by atoms with Crippen LogP contribution in [0.15, 0.2) is 53.7 Å². The van der Waals surface area contributed by atoms with Crippen LogP contribution in [0.25, 0.3) is 10.9 Å². The predicted molar refractivity (Wildman–Crippen MR) is 141 cm³/mol. The summed E-state index contributed by atoms with van der Waals surface area (Å²) in [6.07, 6.45) is 4.33. The number of carbonyl (C=O) groups is 1. The maximum atomic E-state index is 13.6. The summed E-state index contributed by atoms with van der Waals surface area (Å²) in [4.78, 5) is 21.6. The molecule has 0 radical (unpaired) electrons. The highest BCUT2D eigenvalue weighted by molar-refractivity contribution is 14.0. The third-order valence-electron chi connectivity index (χ3n) is 5.75. The first-order valence-corrected chi connectivity index (χ1v) is 11.3. The summed E-state index contributed by atoms with van der Waals surface area (Å²) in [7, 11) is 0. The van der Waals surface area contributed by atoms with Crippen molar-refractivity contribution in [1.29, 1.82) is 0 Å². The minimum Gasteiger partial charge on any atom is -0.361 e. The van der Waals surface area contributed by atoms with Crippen molar-refractivity contribution in [2.24, 2.45) is 4.99 Å². The third-order valence-corrected chi connectivity index (χ3v) is 5.75. The second-order valence-electron chi connectivity index (χ2n) is 8.11. The minimum absolute atomic E-state index is 0. The second-order valence-corrected chi connectivity index (χ2v) is 8.11. The van der Waals surface area contributed by atoms with Gasteiger partial charge in [0.1, 0.15) is 5.82 Å². The van der Waals surface area contributed by atoms with Gasteiger partial charge in [0.05, 0.1) is 6.54 Å². The van der Waals surface area contributed by atoms with Crippen molar-refractivity contribution in [3.05, 3.63) is 71.2 Å². The van der Waals surface area contributed by atoms with Crippen LogP contribution in [-0.4, -0.2) is 41.4 Å². The maximum absolute atomic E-state index is 13.6. The monoisotopic (exact) mass is 563 g/mol. The molecule has 0 bridgehead atoms. The van der Waals surface area contributed by atoms with Gasteiger partial charge in [-0.2, -0.15) is 0 Å². The molecule has 6 nitrogen and oxygen atoms in total. The van der Waals surface area contributed by atoms with E-state index in [9.17, 15) is 9.18 Å². The number of halogens is 2. The number of hydrogen-bond acceptors (Lipinski definition) is 2. The number of aromatic nitrogens is 1. The van der Waals surface area contributed by atoms with E-state index < -0.39 is 0 Å². The van der Waals surface area contributed by atoms with Crippen molar-refractivity contribution in [1.82, 2.24) is 20.5 Å². The molecule has 0 saturated carbocycles. The van der Waals surface area contributed by atoms with Crippen LogP contribution in [0.2, 0.25) is 0 Å². The van der Waals surface area contributed by atoms with Gasteiger partial charge in [0, 0.05) is 49.7 Å². The van der Waals surface area contributed by atoms with E-state index in [0.29, 0.717) is 26.1 Å². The van der Waals surface area contributed by atoms with E-state index in [0.717, 1.165) is 59.5 Å². The lowest BCUT2D eigenvalue weighted by molar-refractivity contribution is -0.128. The molecule has 33 heavy (non-hydrogen) atoms. The number of aromatic amines is 1. The van der Waals surface area contributed by atoms with Crippen LogP contribution in [0, 0.1) is 5.82 Å². The van der Waals surface area contributed by atoms with Gasteiger partial charge in [0.25, 0.3) is 0 Å². The number of fused-ring (bicyclic) bond motifs is 1. The van der Waals surface area contributed by atoms with E-state index in [1.165, 1.54) is 6.07 Å². The van der Waals surface area contributed by atoms with Crippen LogP contribution in [0.5, 0.6) is 0 Å². The molecule has 0 aliphatic carbocycles. The Hall–Kier alpha value is -2.62. The summed E-state index contributed by atoms with van der Waals surface area (Å²) in [6.45, 7) is 5.61. The van der Waals surface area contributed by atoms with Crippen molar-refractivity contribution in [2.45, 2.75) is 39.3 Å². The van der Waals surface area contributed by atoms with Crippen molar-refractivity contribution in [3.8, 4) is 0 Å². The van der Waals surface area contributed by atoms with Crippen LogP contribution in [-0.2, 0) is 24.3 Å². The van der Waals surface area contributed by atoms with Gasteiger partial charge in [-0.05, 0) is 54.7 Å². The summed E-state index contributed by atoms with van der Waals surface area (Å²) in [6, 6.07) is 13.1. The molecular formula is C25H31FIN5O. The largest absolute Gasteiger partial charge is 0.361 e. The number of aliphatic imine (C=N–C) groups is 1. The fraction of sp³-hybridized carbons (Fsp3) is 0.360. The Morgan fingerprint density at radius 1 is 1.15 bits per heavy atom. The molecule has 3 aromatic rings. The van der Waals surface area contributed by atoms with Crippen LogP contribution in [0.3, 0.4) is 0 Å². The highest BCUT2D eigenvalue weighted by Gasteiger charge is 2.19. The topological polar surface area (TPSA) is 72.5 Å². The Labute approximate surface area is 211 Å². The lowest BCUT2D eigenvalue weighted by Crippen LogP contribution is -2.38. The molecule has 1 aliphatic heterocycles. The zero-order valence-corrected chi connectivity index (χ0v) is 21.2. The normalized spacial score (nSPS) is 13.9. The summed E-state index contributed by atoms with van der Waals surface area (Å²) < 4.78 is 13.6. The van der Waals surface area contributed by atoms with Crippen LogP contribution in [0.4, 0.5) is 4.39 Å². The molecular weight excluding hydrogens is 532 g/mol. The quantitative estimate of drug-likeness (QED) is 0.217. The van der Waals surface area contributed by atoms with Crippen molar-refractivity contribution in [2.75, 3.05) is 19.6 Å². The molecule has 3 N–H and O–H groups in total. The summed E-state index contributed by atoms with van der Waals surface area (Å²) >= 11 is 0. The van der Waals surface area contributed by atoms with Gasteiger partial charge in [0.2, 0.25) is 5.91 Å². The number of benzene rings is 2. The maximum Gasteiger partial charge on any atom is 0.222 e. The number of likely N-dealkylation sites (tertiary alicyclic amines) is 1. The standard InChI is InChI=1S/C25H30FN5O.HI/c1-2-27-25(28-12-11-20-16-29-23-10-9-21(26)14-22(20)23)30-15-18-5-7-19(8-6-18)17-31-13-3-4-24(31)32;/h5-10,14,16,29H,2-4,11-13,15,17H2,1H3,(H2,27,28,30);1H. The van der Waals surface area contributed by atoms with E-state index in [4.69, 9.17) is 0 Å². The first-order chi connectivity index (χ1) is 15.6. The van der Waals surface area contributed by atoms with Crippen molar-refractivity contribution in [3.63, 3.8) is 0 Å². The number of carbonyl (C=O) groups excluding carboxylic acids is 1. The SMILES string of the molecule is CCNC(=NCc1ccc(CN2CCCC2=O)cc1)NCCc1c[nH]c2ccc(F)cc12.I. The van der Waals surface area contributed by atoms with Gasteiger partial charge in [-0.1, -0.05) is 24.3 Å². The highest BCUT2D eigenvalue weighted by atomic mass is 127. The van der Waals surface area contributed by atoms with Gasteiger partial charge in [-0.3, -0.25) is 4.79 Å². The van der Waals surface area contributed by atoms with Crippen molar-refractivity contribution < 1.29 is 9.18 Å². The van der Waals surface area contributed by atoms with Crippen LogP contribution >= 0.6 is 24.0 Å². The molecule has 1 fully saturated rings. The molecule has 176 valence electrons. The smallest absolute Gasteiger partial charge is 0.222 e. The molecule has 8 heteroatoms. The molecule has 1 saturated heterocycles. The lowest BCUT2D eigenvalue weighted by atomic mass is 10.1.